The SMILES string of the molecule is CN=C(NCc1ccc(OC)c(C)c1)NC1CCN(c2ncccc2F)C1. The predicted octanol–water partition coefficient (Wildman–Crippen LogP) is 2.48. The third-order valence-corrected chi connectivity index (χ3v) is 4.71. The Morgan fingerprint density at radius 3 is 2.96 bits per heavy atom. The van der Waals surface area contributed by atoms with E-state index in [1.54, 1.807) is 26.4 Å². The number of halogens is 1. The number of methoxy groups -OCH3 is 1. The van der Waals surface area contributed by atoms with E-state index >= 15 is 0 Å². The van der Waals surface area contributed by atoms with E-state index in [1.807, 2.05) is 24.0 Å². The summed E-state index contributed by atoms with van der Waals surface area (Å²) in [5, 5.41) is 6.75. The normalized spacial score (nSPS) is 17.1. The summed E-state index contributed by atoms with van der Waals surface area (Å²) >= 11 is 0. The van der Waals surface area contributed by atoms with Gasteiger partial charge in [0.15, 0.2) is 17.6 Å². The molecule has 2 N–H and O–H groups in total. The number of nitrogens with one attached hydrogen (secondary N) is 2. The number of guanidine groups is 1. The molecule has 1 aromatic carbocycles. The predicted molar refractivity (Wildman–Crippen MR) is 106 cm³/mol. The number of aromatic nitrogens is 1. The second-order valence-electron chi connectivity index (χ2n) is 6.61. The summed E-state index contributed by atoms with van der Waals surface area (Å²) in [6, 6.07) is 9.35. The van der Waals surface area contributed by atoms with Gasteiger partial charge >= 0.3 is 0 Å². The molecule has 0 saturated carbocycles. The second-order valence-corrected chi connectivity index (χ2v) is 6.61. The topological polar surface area (TPSA) is 61.8 Å². The van der Waals surface area contributed by atoms with Crippen LogP contribution in [0.5, 0.6) is 5.75 Å². The Labute approximate surface area is 159 Å². The van der Waals surface area contributed by atoms with Crippen LogP contribution in [0.1, 0.15) is 17.5 Å². The van der Waals surface area contributed by atoms with Gasteiger partial charge < -0.3 is 20.3 Å². The zero-order valence-corrected chi connectivity index (χ0v) is 16.0. The number of anilines is 1. The molecule has 1 saturated heterocycles. The number of aliphatic imine (C=N–C) groups is 1. The molecule has 0 spiro atoms. The molecule has 0 aliphatic carbocycles. The summed E-state index contributed by atoms with van der Waals surface area (Å²) in [5.74, 6) is 1.75. The molecule has 3 rings (SSSR count). The lowest BCUT2D eigenvalue weighted by molar-refractivity contribution is 0.411. The zero-order chi connectivity index (χ0) is 19.2. The Bertz CT molecular complexity index is 811. The molecule has 27 heavy (non-hydrogen) atoms. The fraction of sp³-hybridized carbons (Fsp3) is 0.400. The van der Waals surface area contributed by atoms with E-state index in [2.05, 4.69) is 26.7 Å². The van der Waals surface area contributed by atoms with Crippen LogP contribution >= 0.6 is 0 Å². The number of benzene rings is 1. The average molecular weight is 371 g/mol. The molecule has 7 heteroatoms. The lowest BCUT2D eigenvalue weighted by Crippen LogP contribution is -2.44. The van der Waals surface area contributed by atoms with E-state index in [4.69, 9.17) is 4.74 Å². The Kier molecular flexibility index (Phi) is 6.11. The molecule has 2 aromatic rings. The van der Waals surface area contributed by atoms with Crippen molar-refractivity contribution < 1.29 is 9.13 Å². The fourth-order valence-corrected chi connectivity index (χ4v) is 3.30. The van der Waals surface area contributed by atoms with Crippen molar-refractivity contribution in [2.24, 2.45) is 4.99 Å². The number of ether oxygens (including phenoxy) is 1. The van der Waals surface area contributed by atoms with Gasteiger partial charge in [-0.3, -0.25) is 4.99 Å². The molecule has 144 valence electrons. The average Bonchev–Trinajstić information content (AvgIpc) is 3.14. The first-order valence-corrected chi connectivity index (χ1v) is 9.07. The highest BCUT2D eigenvalue weighted by Crippen LogP contribution is 2.21. The van der Waals surface area contributed by atoms with Crippen LogP contribution < -0.4 is 20.3 Å². The van der Waals surface area contributed by atoms with Crippen LogP contribution in [-0.4, -0.2) is 44.2 Å². The summed E-state index contributed by atoms with van der Waals surface area (Å²) in [6.07, 6.45) is 2.52. The largest absolute Gasteiger partial charge is 0.496 e. The molecule has 1 fully saturated rings. The van der Waals surface area contributed by atoms with Gasteiger partial charge in [-0.1, -0.05) is 12.1 Å². The first-order valence-electron chi connectivity index (χ1n) is 9.07. The molecule has 2 heterocycles. The van der Waals surface area contributed by atoms with E-state index in [0.29, 0.717) is 18.9 Å². The van der Waals surface area contributed by atoms with Gasteiger partial charge in [-0.15, -0.1) is 0 Å². The van der Waals surface area contributed by atoms with Crippen LogP contribution in [0.25, 0.3) is 0 Å². The minimum absolute atomic E-state index is 0.190. The Balaban J connectivity index is 1.54. The number of hydrogen-bond donors (Lipinski definition) is 2. The summed E-state index contributed by atoms with van der Waals surface area (Å²) in [4.78, 5) is 10.4. The van der Waals surface area contributed by atoms with Crippen LogP contribution in [0, 0.1) is 12.7 Å². The number of rotatable bonds is 5. The van der Waals surface area contributed by atoms with E-state index in [0.717, 1.165) is 35.8 Å². The van der Waals surface area contributed by atoms with Crippen molar-refractivity contribution in [3.8, 4) is 5.75 Å². The van der Waals surface area contributed by atoms with E-state index in [-0.39, 0.29) is 11.9 Å². The number of pyridine rings is 1. The van der Waals surface area contributed by atoms with E-state index < -0.39 is 0 Å². The van der Waals surface area contributed by atoms with Crippen molar-refractivity contribution in [1.82, 2.24) is 15.6 Å². The van der Waals surface area contributed by atoms with Gasteiger partial charge in [0, 0.05) is 38.9 Å². The van der Waals surface area contributed by atoms with E-state index in [1.165, 1.54) is 6.07 Å². The van der Waals surface area contributed by atoms with Crippen LogP contribution in [-0.2, 0) is 6.54 Å². The van der Waals surface area contributed by atoms with Gasteiger partial charge in [0.25, 0.3) is 0 Å². The lowest BCUT2D eigenvalue weighted by Gasteiger charge is -2.20. The molecular weight excluding hydrogens is 345 g/mol. The first kappa shape index (κ1) is 18.9. The van der Waals surface area contributed by atoms with Crippen molar-refractivity contribution in [3.63, 3.8) is 0 Å². The summed E-state index contributed by atoms with van der Waals surface area (Å²) in [7, 11) is 3.42. The Hall–Kier alpha value is -2.83. The van der Waals surface area contributed by atoms with Crippen molar-refractivity contribution in [2.45, 2.75) is 25.9 Å². The van der Waals surface area contributed by atoms with Crippen molar-refractivity contribution in [2.75, 3.05) is 32.1 Å². The Morgan fingerprint density at radius 2 is 2.26 bits per heavy atom. The molecule has 0 radical (unpaired) electrons. The van der Waals surface area contributed by atoms with Gasteiger partial charge in [-0.25, -0.2) is 9.37 Å². The maximum absolute atomic E-state index is 13.9. The second kappa shape index (κ2) is 8.70. The molecule has 6 nitrogen and oxygen atoms in total. The van der Waals surface area contributed by atoms with Crippen molar-refractivity contribution in [3.05, 3.63) is 53.5 Å². The van der Waals surface area contributed by atoms with Crippen LogP contribution in [0.2, 0.25) is 0 Å². The highest BCUT2D eigenvalue weighted by atomic mass is 19.1. The summed E-state index contributed by atoms with van der Waals surface area (Å²) < 4.78 is 19.2. The molecule has 0 amide bonds. The number of nitrogens with zero attached hydrogens (tertiary/aromatic N) is 3. The zero-order valence-electron chi connectivity index (χ0n) is 16.0. The highest BCUT2D eigenvalue weighted by molar-refractivity contribution is 5.80. The molecule has 1 aliphatic rings. The maximum atomic E-state index is 13.9. The maximum Gasteiger partial charge on any atom is 0.191 e. The molecule has 0 bridgehead atoms. The van der Waals surface area contributed by atoms with Gasteiger partial charge in [-0.2, -0.15) is 0 Å². The van der Waals surface area contributed by atoms with Crippen molar-refractivity contribution in [1.29, 1.82) is 0 Å². The molecule has 1 unspecified atom stereocenters. The summed E-state index contributed by atoms with van der Waals surface area (Å²) in [6.45, 7) is 4.14. The monoisotopic (exact) mass is 371 g/mol. The fourth-order valence-electron chi connectivity index (χ4n) is 3.30. The van der Waals surface area contributed by atoms with Crippen LogP contribution in [0.15, 0.2) is 41.5 Å². The number of aryl methyl sites for hydroxylation is 1. The van der Waals surface area contributed by atoms with Gasteiger partial charge in [0.1, 0.15) is 5.75 Å². The Morgan fingerprint density at radius 1 is 1.41 bits per heavy atom. The minimum atomic E-state index is -0.282. The summed E-state index contributed by atoms with van der Waals surface area (Å²) in [5.41, 5.74) is 2.25. The highest BCUT2D eigenvalue weighted by Gasteiger charge is 2.25. The van der Waals surface area contributed by atoms with Gasteiger partial charge in [0.05, 0.1) is 7.11 Å². The quantitative estimate of drug-likeness (QED) is 0.625. The standard InChI is InChI=1S/C20H26FN5O/c1-14-11-15(6-7-18(14)27-3)12-24-20(22-2)25-16-8-10-26(13-16)19-17(21)5-4-9-23-19/h4-7,9,11,16H,8,10,12-13H2,1-3H3,(H2,22,24,25). The molecule has 1 atom stereocenters. The van der Waals surface area contributed by atoms with Crippen molar-refractivity contribution >= 4 is 11.8 Å². The van der Waals surface area contributed by atoms with Crippen LogP contribution in [0.4, 0.5) is 10.2 Å². The lowest BCUT2D eigenvalue weighted by atomic mass is 10.1. The molecule has 1 aliphatic heterocycles. The van der Waals surface area contributed by atoms with E-state index in [9.17, 15) is 4.39 Å². The number of hydrogen-bond acceptors (Lipinski definition) is 4. The molecule has 1 aromatic heterocycles. The third kappa shape index (κ3) is 4.67. The smallest absolute Gasteiger partial charge is 0.191 e. The molecular formula is C20H26FN5O. The minimum Gasteiger partial charge on any atom is -0.496 e. The third-order valence-electron chi connectivity index (χ3n) is 4.71. The van der Waals surface area contributed by atoms with Gasteiger partial charge in [0.2, 0.25) is 0 Å². The first-order chi connectivity index (χ1) is 13.1. The van der Waals surface area contributed by atoms with Gasteiger partial charge in [-0.05, 0) is 42.7 Å². The van der Waals surface area contributed by atoms with Crippen LogP contribution in [0.3, 0.4) is 0 Å².